The van der Waals surface area contributed by atoms with E-state index in [0.717, 1.165) is 12.2 Å². The van der Waals surface area contributed by atoms with Crippen molar-refractivity contribution in [1.82, 2.24) is 4.73 Å². The maximum atomic E-state index is 8.70. The van der Waals surface area contributed by atoms with Crippen LogP contribution < -0.4 is 9.57 Å². The van der Waals surface area contributed by atoms with Crippen molar-refractivity contribution < 1.29 is 19.8 Å². The molecular weight excluding hydrogens is 298 g/mol. The van der Waals surface area contributed by atoms with Gasteiger partial charge in [-0.3, -0.25) is 0 Å². The molecule has 2 N–H and O–H groups in total. The first-order chi connectivity index (χ1) is 9.79. The highest BCUT2D eigenvalue weighted by Crippen LogP contribution is 2.13. The smallest absolute Gasteiger partial charge is 0.184 e. The highest BCUT2D eigenvalue weighted by Gasteiger charge is 2.01. The molecular formula is C13H21NO4S2. The van der Waals surface area contributed by atoms with Gasteiger partial charge in [-0.2, -0.15) is 16.5 Å². The molecule has 1 aromatic heterocycles. The Bertz CT molecular complexity index is 425. The molecule has 0 aliphatic carbocycles. The van der Waals surface area contributed by atoms with Crippen molar-refractivity contribution in [3.8, 4) is 5.75 Å². The normalized spacial score (nSPS) is 10.5. The number of nitrogens with zero attached hydrogens (tertiary/aromatic N) is 1. The van der Waals surface area contributed by atoms with E-state index in [1.165, 1.54) is 4.73 Å². The zero-order valence-corrected chi connectivity index (χ0v) is 13.0. The number of hydrogen-bond acceptors (Lipinski definition) is 6. The van der Waals surface area contributed by atoms with Crippen molar-refractivity contribution in [2.24, 2.45) is 0 Å². The average molecular weight is 319 g/mol. The van der Waals surface area contributed by atoms with Crippen LogP contribution in [-0.4, -0.2) is 52.9 Å². The summed E-state index contributed by atoms with van der Waals surface area (Å²) in [6.45, 7) is 1.40. The lowest BCUT2D eigenvalue weighted by Gasteiger charge is -2.12. The summed E-state index contributed by atoms with van der Waals surface area (Å²) in [7, 11) is 0. The second-order valence-electron chi connectivity index (χ2n) is 3.95. The van der Waals surface area contributed by atoms with Gasteiger partial charge in [-0.15, -0.1) is 0 Å². The third-order valence-electron chi connectivity index (χ3n) is 2.38. The van der Waals surface area contributed by atoms with Crippen LogP contribution in [0.2, 0.25) is 0 Å². The molecule has 0 atom stereocenters. The maximum absolute atomic E-state index is 8.70. The summed E-state index contributed by atoms with van der Waals surface area (Å²) in [5.74, 6) is 2.14. The minimum Gasteiger partial charge on any atom is -0.489 e. The van der Waals surface area contributed by atoms with E-state index in [1.54, 1.807) is 18.0 Å². The molecule has 114 valence electrons. The van der Waals surface area contributed by atoms with Crippen molar-refractivity contribution in [3.05, 3.63) is 23.0 Å². The van der Waals surface area contributed by atoms with E-state index in [4.69, 9.17) is 32.0 Å². The lowest BCUT2D eigenvalue weighted by molar-refractivity contribution is 0.0966. The molecule has 1 heterocycles. The molecule has 0 saturated heterocycles. The molecule has 0 spiro atoms. The van der Waals surface area contributed by atoms with Crippen molar-refractivity contribution >= 4 is 24.0 Å². The molecule has 0 aliphatic heterocycles. The van der Waals surface area contributed by atoms with Gasteiger partial charge in [-0.25, -0.2) is 0 Å². The number of unbranched alkanes of at least 4 members (excludes halogenated alkanes) is 1. The van der Waals surface area contributed by atoms with Gasteiger partial charge in [0.1, 0.15) is 6.61 Å². The quantitative estimate of drug-likeness (QED) is 0.476. The van der Waals surface area contributed by atoms with E-state index in [2.05, 4.69) is 0 Å². The number of aliphatic hydroxyl groups excluding tert-OH is 2. The van der Waals surface area contributed by atoms with Gasteiger partial charge in [0.2, 0.25) is 0 Å². The van der Waals surface area contributed by atoms with Gasteiger partial charge in [-0.05, 0) is 25.0 Å². The summed E-state index contributed by atoms with van der Waals surface area (Å²) in [6.07, 6.45) is 3.24. The van der Waals surface area contributed by atoms with Crippen molar-refractivity contribution in [3.63, 3.8) is 0 Å². The van der Waals surface area contributed by atoms with Crippen LogP contribution in [0.3, 0.4) is 0 Å². The van der Waals surface area contributed by atoms with Gasteiger partial charge in [-0.1, -0.05) is 12.2 Å². The largest absolute Gasteiger partial charge is 0.489 e. The van der Waals surface area contributed by atoms with E-state index < -0.39 is 0 Å². The minimum atomic E-state index is 0.170. The fourth-order valence-corrected chi connectivity index (χ4v) is 2.20. The van der Waals surface area contributed by atoms with E-state index in [0.29, 0.717) is 35.8 Å². The van der Waals surface area contributed by atoms with Crippen LogP contribution in [0, 0.1) is 4.64 Å². The first kappa shape index (κ1) is 17.3. The molecule has 0 aliphatic rings. The molecule has 5 nitrogen and oxygen atoms in total. The molecule has 0 saturated carbocycles. The van der Waals surface area contributed by atoms with Crippen molar-refractivity contribution in [2.45, 2.75) is 12.8 Å². The monoisotopic (exact) mass is 319 g/mol. The standard InChI is InChI=1S/C13H21NO4S2/c15-6-1-2-8-18-14-5-3-4-12(13(14)19)17-9-11-20-10-7-16/h3-5,15-16H,1-2,6-11H2. The maximum Gasteiger partial charge on any atom is 0.184 e. The third-order valence-corrected chi connectivity index (χ3v) is 3.69. The topological polar surface area (TPSA) is 63.9 Å². The van der Waals surface area contributed by atoms with Gasteiger partial charge in [0.15, 0.2) is 10.4 Å². The Morgan fingerprint density at radius 2 is 2.00 bits per heavy atom. The molecule has 0 aromatic carbocycles. The third kappa shape index (κ3) is 6.60. The molecule has 1 rings (SSSR count). The Kier molecular flexibility index (Phi) is 9.48. The fourth-order valence-electron chi connectivity index (χ4n) is 1.42. The van der Waals surface area contributed by atoms with E-state index in [9.17, 15) is 0 Å². The Labute approximate surface area is 128 Å². The van der Waals surface area contributed by atoms with Crippen LogP contribution in [0.4, 0.5) is 0 Å². The van der Waals surface area contributed by atoms with Crippen LogP contribution in [0.15, 0.2) is 18.3 Å². The van der Waals surface area contributed by atoms with Gasteiger partial charge < -0.3 is 19.8 Å². The number of hydrogen-bond donors (Lipinski definition) is 2. The predicted molar refractivity (Wildman–Crippen MR) is 82.9 cm³/mol. The Balaban J connectivity index is 2.41. The zero-order chi connectivity index (χ0) is 14.6. The van der Waals surface area contributed by atoms with Crippen LogP contribution in [0.5, 0.6) is 5.75 Å². The highest BCUT2D eigenvalue weighted by molar-refractivity contribution is 7.99. The molecule has 20 heavy (non-hydrogen) atoms. The molecule has 0 amide bonds. The summed E-state index contributed by atoms with van der Waals surface area (Å²) >= 11 is 6.92. The predicted octanol–water partition coefficient (Wildman–Crippen LogP) is 1.52. The molecule has 0 bridgehead atoms. The van der Waals surface area contributed by atoms with E-state index in [1.807, 2.05) is 12.1 Å². The number of aromatic nitrogens is 1. The molecule has 7 heteroatoms. The van der Waals surface area contributed by atoms with Crippen LogP contribution in [0.1, 0.15) is 12.8 Å². The Morgan fingerprint density at radius 3 is 2.75 bits per heavy atom. The van der Waals surface area contributed by atoms with Gasteiger partial charge in [0, 0.05) is 24.3 Å². The number of pyridine rings is 1. The van der Waals surface area contributed by atoms with Crippen LogP contribution in [0.25, 0.3) is 0 Å². The van der Waals surface area contributed by atoms with Crippen molar-refractivity contribution in [1.29, 1.82) is 0 Å². The number of thioether (sulfide) groups is 1. The van der Waals surface area contributed by atoms with Crippen LogP contribution in [-0.2, 0) is 0 Å². The van der Waals surface area contributed by atoms with E-state index in [-0.39, 0.29) is 13.2 Å². The molecule has 0 unspecified atom stereocenters. The summed E-state index contributed by atoms with van der Waals surface area (Å²) < 4.78 is 7.62. The lowest BCUT2D eigenvalue weighted by Crippen LogP contribution is -2.15. The number of rotatable bonds is 11. The first-order valence-corrected chi connectivity index (χ1v) is 8.13. The minimum absolute atomic E-state index is 0.170. The van der Waals surface area contributed by atoms with E-state index >= 15 is 0 Å². The Hall–Kier alpha value is -0.760. The average Bonchev–Trinajstić information content (AvgIpc) is 2.46. The number of ether oxygens (including phenoxy) is 1. The van der Waals surface area contributed by atoms with Gasteiger partial charge in [0.25, 0.3) is 0 Å². The van der Waals surface area contributed by atoms with Gasteiger partial charge >= 0.3 is 0 Å². The summed E-state index contributed by atoms with van der Waals surface area (Å²) in [6, 6.07) is 3.63. The fraction of sp³-hybridized carbons (Fsp3) is 0.615. The number of aliphatic hydroxyl groups is 2. The highest BCUT2D eigenvalue weighted by atomic mass is 32.2. The zero-order valence-electron chi connectivity index (χ0n) is 11.4. The lowest BCUT2D eigenvalue weighted by atomic mass is 10.3. The second-order valence-corrected chi connectivity index (χ2v) is 5.56. The van der Waals surface area contributed by atoms with Crippen LogP contribution >= 0.6 is 24.0 Å². The summed E-state index contributed by atoms with van der Waals surface area (Å²) in [4.78, 5) is 5.51. The van der Waals surface area contributed by atoms with Crippen molar-refractivity contribution in [2.75, 3.05) is 37.9 Å². The van der Waals surface area contributed by atoms with Gasteiger partial charge in [0.05, 0.1) is 13.2 Å². The first-order valence-electron chi connectivity index (χ1n) is 6.57. The Morgan fingerprint density at radius 1 is 1.15 bits per heavy atom. The molecule has 0 radical (unpaired) electrons. The SMILES string of the molecule is OCCCCOn1cccc(OCCSCCO)c1=S. The molecule has 0 fully saturated rings. The summed E-state index contributed by atoms with van der Waals surface area (Å²) in [5.41, 5.74) is 0. The second kappa shape index (κ2) is 11.0. The summed E-state index contributed by atoms with van der Waals surface area (Å²) in [5, 5.41) is 17.4. The molecule has 1 aromatic rings.